The van der Waals surface area contributed by atoms with Crippen LogP contribution in [-0.2, 0) is 0 Å². The van der Waals surface area contributed by atoms with Gasteiger partial charge >= 0.3 is 0 Å². The monoisotopic (exact) mass is 276 g/mol. The van der Waals surface area contributed by atoms with Crippen molar-refractivity contribution in [1.82, 2.24) is 10.3 Å². The summed E-state index contributed by atoms with van der Waals surface area (Å²) in [5, 5.41) is 3.16. The molecule has 0 bridgehead atoms. The van der Waals surface area contributed by atoms with Gasteiger partial charge in [0, 0.05) is 0 Å². The Hall–Kier alpha value is -2.14. The van der Waals surface area contributed by atoms with E-state index in [1.165, 1.54) is 12.3 Å². The molecule has 0 saturated heterocycles. The molecule has 0 radical (unpaired) electrons. The maximum Gasteiger partial charge on any atom is 0.161 e. The topological polar surface area (TPSA) is 43.4 Å². The van der Waals surface area contributed by atoms with Crippen LogP contribution in [0.3, 0.4) is 0 Å². The molecule has 2 rings (SSSR count). The van der Waals surface area contributed by atoms with Crippen LogP contribution in [0.2, 0.25) is 0 Å². The molecule has 0 aliphatic carbocycles. The maximum absolute atomic E-state index is 13.0. The smallest absolute Gasteiger partial charge is 0.161 e. The zero-order chi connectivity index (χ0) is 14.5. The summed E-state index contributed by atoms with van der Waals surface area (Å²) in [6, 6.07) is 8.55. The van der Waals surface area contributed by atoms with Crippen LogP contribution in [0.25, 0.3) is 0 Å². The predicted octanol–water partition coefficient (Wildman–Crippen LogP) is 2.55. The maximum atomic E-state index is 13.0. The van der Waals surface area contributed by atoms with E-state index in [9.17, 15) is 4.39 Å². The molecular weight excluding hydrogens is 259 g/mol. The van der Waals surface area contributed by atoms with Crippen molar-refractivity contribution >= 4 is 0 Å². The summed E-state index contributed by atoms with van der Waals surface area (Å²) in [5.41, 5.74) is 1.70. The van der Waals surface area contributed by atoms with Gasteiger partial charge in [0.15, 0.2) is 11.5 Å². The molecule has 106 valence electrons. The normalized spacial score (nSPS) is 12.0. The lowest BCUT2D eigenvalue weighted by atomic mass is 10.0. The van der Waals surface area contributed by atoms with Crippen molar-refractivity contribution in [3.05, 3.63) is 53.6 Å². The van der Waals surface area contributed by atoms with Crippen LogP contribution in [0, 0.1) is 5.82 Å². The summed E-state index contributed by atoms with van der Waals surface area (Å²) in [6.45, 7) is 0. The van der Waals surface area contributed by atoms with Crippen molar-refractivity contribution in [2.24, 2.45) is 0 Å². The Morgan fingerprint density at radius 2 is 1.85 bits per heavy atom. The molecule has 5 heteroatoms. The van der Waals surface area contributed by atoms with Gasteiger partial charge in [0.05, 0.1) is 32.2 Å². The van der Waals surface area contributed by atoms with Gasteiger partial charge in [-0.3, -0.25) is 4.98 Å². The number of benzene rings is 1. The Bertz CT molecular complexity index is 573. The molecule has 0 amide bonds. The molecular formula is C15H17FN2O2. The molecule has 0 fully saturated rings. The fourth-order valence-electron chi connectivity index (χ4n) is 2.08. The van der Waals surface area contributed by atoms with E-state index < -0.39 is 0 Å². The van der Waals surface area contributed by atoms with Crippen LogP contribution in [0.15, 0.2) is 36.5 Å². The van der Waals surface area contributed by atoms with E-state index in [2.05, 4.69) is 10.3 Å². The number of aromatic nitrogens is 1. The summed E-state index contributed by atoms with van der Waals surface area (Å²) < 4.78 is 23.5. The van der Waals surface area contributed by atoms with Crippen LogP contribution >= 0.6 is 0 Å². The van der Waals surface area contributed by atoms with Gasteiger partial charge in [0.25, 0.3) is 0 Å². The fourth-order valence-corrected chi connectivity index (χ4v) is 2.08. The van der Waals surface area contributed by atoms with Gasteiger partial charge in [-0.05, 0) is 36.9 Å². The van der Waals surface area contributed by atoms with Crippen LogP contribution < -0.4 is 14.8 Å². The first-order valence-electron chi connectivity index (χ1n) is 6.20. The standard InChI is InChI=1S/C15H17FN2O2/c1-17-15(12-6-5-11(16)9-18-12)10-4-7-13(19-2)14(8-10)20-3/h4-9,15,17H,1-3H3. The highest BCUT2D eigenvalue weighted by Crippen LogP contribution is 2.31. The first-order valence-corrected chi connectivity index (χ1v) is 6.20. The number of methoxy groups -OCH3 is 2. The molecule has 1 aromatic heterocycles. The molecule has 2 aromatic rings. The number of pyridine rings is 1. The quantitative estimate of drug-likeness (QED) is 0.911. The predicted molar refractivity (Wildman–Crippen MR) is 74.6 cm³/mol. The summed E-state index contributed by atoms with van der Waals surface area (Å²) in [5.74, 6) is 0.960. The molecule has 1 aromatic carbocycles. The molecule has 20 heavy (non-hydrogen) atoms. The van der Waals surface area contributed by atoms with Crippen molar-refractivity contribution in [2.45, 2.75) is 6.04 Å². The van der Waals surface area contributed by atoms with E-state index in [1.54, 1.807) is 20.3 Å². The minimum atomic E-state index is -0.351. The highest BCUT2D eigenvalue weighted by Gasteiger charge is 2.16. The lowest BCUT2D eigenvalue weighted by Crippen LogP contribution is -2.19. The van der Waals surface area contributed by atoms with Crippen molar-refractivity contribution in [1.29, 1.82) is 0 Å². The lowest BCUT2D eigenvalue weighted by molar-refractivity contribution is 0.354. The number of hydrogen-bond donors (Lipinski definition) is 1. The minimum Gasteiger partial charge on any atom is -0.493 e. The average Bonchev–Trinajstić information content (AvgIpc) is 2.49. The van der Waals surface area contributed by atoms with Gasteiger partial charge in [-0.2, -0.15) is 0 Å². The Morgan fingerprint density at radius 3 is 2.40 bits per heavy atom. The van der Waals surface area contributed by atoms with E-state index in [0.717, 1.165) is 11.3 Å². The third-order valence-electron chi connectivity index (χ3n) is 3.08. The number of halogens is 1. The van der Waals surface area contributed by atoms with Gasteiger partial charge in [-0.1, -0.05) is 6.07 Å². The zero-order valence-corrected chi connectivity index (χ0v) is 11.7. The third kappa shape index (κ3) is 2.88. The summed E-state index contributed by atoms with van der Waals surface area (Å²) in [4.78, 5) is 4.11. The first-order chi connectivity index (χ1) is 9.69. The highest BCUT2D eigenvalue weighted by atomic mass is 19.1. The number of rotatable bonds is 5. The molecule has 1 atom stereocenters. The Morgan fingerprint density at radius 1 is 1.10 bits per heavy atom. The van der Waals surface area contributed by atoms with E-state index in [-0.39, 0.29) is 11.9 Å². The summed E-state index contributed by atoms with van der Waals surface area (Å²) in [7, 11) is 5.01. The second-order valence-corrected chi connectivity index (χ2v) is 4.24. The van der Waals surface area contributed by atoms with Crippen LogP contribution in [0.5, 0.6) is 11.5 Å². The number of nitrogens with one attached hydrogen (secondary N) is 1. The van der Waals surface area contributed by atoms with E-state index in [1.807, 2.05) is 25.2 Å². The van der Waals surface area contributed by atoms with E-state index >= 15 is 0 Å². The van der Waals surface area contributed by atoms with E-state index in [0.29, 0.717) is 11.5 Å². The molecule has 0 saturated carbocycles. The van der Waals surface area contributed by atoms with Gasteiger partial charge < -0.3 is 14.8 Å². The Labute approximate surface area is 117 Å². The first kappa shape index (κ1) is 14.3. The fraction of sp³-hybridized carbons (Fsp3) is 0.267. The van der Waals surface area contributed by atoms with Crippen LogP contribution in [0.1, 0.15) is 17.3 Å². The highest BCUT2D eigenvalue weighted by molar-refractivity contribution is 5.45. The van der Waals surface area contributed by atoms with Crippen LogP contribution in [-0.4, -0.2) is 26.3 Å². The Kier molecular flexibility index (Phi) is 4.53. The van der Waals surface area contributed by atoms with Gasteiger partial charge in [0.1, 0.15) is 5.82 Å². The molecule has 1 N–H and O–H groups in total. The largest absolute Gasteiger partial charge is 0.493 e. The number of ether oxygens (including phenoxy) is 2. The number of hydrogen-bond acceptors (Lipinski definition) is 4. The van der Waals surface area contributed by atoms with Crippen molar-refractivity contribution < 1.29 is 13.9 Å². The van der Waals surface area contributed by atoms with Gasteiger partial charge in [-0.25, -0.2) is 4.39 Å². The average molecular weight is 276 g/mol. The summed E-state index contributed by atoms with van der Waals surface area (Å²) in [6.07, 6.45) is 1.21. The van der Waals surface area contributed by atoms with E-state index in [4.69, 9.17) is 9.47 Å². The van der Waals surface area contributed by atoms with Crippen molar-refractivity contribution in [2.75, 3.05) is 21.3 Å². The molecule has 1 unspecified atom stereocenters. The molecule has 4 nitrogen and oxygen atoms in total. The summed E-state index contributed by atoms with van der Waals surface area (Å²) >= 11 is 0. The lowest BCUT2D eigenvalue weighted by Gasteiger charge is -2.18. The minimum absolute atomic E-state index is 0.143. The second kappa shape index (κ2) is 6.34. The van der Waals surface area contributed by atoms with Gasteiger partial charge in [-0.15, -0.1) is 0 Å². The molecule has 0 aliphatic heterocycles. The SMILES string of the molecule is CNC(c1ccc(OC)c(OC)c1)c1ccc(F)cn1. The van der Waals surface area contributed by atoms with Crippen LogP contribution in [0.4, 0.5) is 4.39 Å². The van der Waals surface area contributed by atoms with Crippen molar-refractivity contribution in [3.8, 4) is 11.5 Å². The second-order valence-electron chi connectivity index (χ2n) is 4.24. The van der Waals surface area contributed by atoms with Crippen molar-refractivity contribution in [3.63, 3.8) is 0 Å². The third-order valence-corrected chi connectivity index (χ3v) is 3.08. The molecule has 0 aliphatic rings. The Balaban J connectivity index is 2.39. The molecule has 1 heterocycles. The molecule has 0 spiro atoms. The van der Waals surface area contributed by atoms with Gasteiger partial charge in [0.2, 0.25) is 0 Å². The number of nitrogens with zero attached hydrogens (tertiary/aromatic N) is 1. The zero-order valence-electron chi connectivity index (χ0n) is 11.7.